The number of furan rings is 1. The molecule has 17 heavy (non-hydrogen) atoms. The molecule has 1 amide bonds. The third-order valence-corrected chi connectivity index (χ3v) is 2.28. The Kier molecular flexibility index (Phi) is 3.10. The van der Waals surface area contributed by atoms with E-state index in [-0.39, 0.29) is 16.5 Å². The van der Waals surface area contributed by atoms with E-state index in [0.29, 0.717) is 6.07 Å². The number of halogens is 3. The third-order valence-electron chi connectivity index (χ3n) is 1.98. The maximum atomic E-state index is 12.9. The Morgan fingerprint density at radius 3 is 2.41 bits per heavy atom. The second kappa shape index (κ2) is 4.55. The molecule has 0 saturated carbocycles. The van der Waals surface area contributed by atoms with Crippen LogP contribution in [0.5, 0.6) is 0 Å². The lowest BCUT2D eigenvalue weighted by molar-refractivity contribution is 0.102. The fourth-order valence-electron chi connectivity index (χ4n) is 1.28. The van der Waals surface area contributed by atoms with Crippen molar-refractivity contribution >= 4 is 23.2 Å². The molecule has 0 radical (unpaired) electrons. The third kappa shape index (κ3) is 2.62. The molecule has 0 spiro atoms. The van der Waals surface area contributed by atoms with E-state index in [2.05, 4.69) is 5.32 Å². The van der Waals surface area contributed by atoms with Gasteiger partial charge in [0.2, 0.25) is 5.22 Å². The van der Waals surface area contributed by atoms with Gasteiger partial charge in [0.1, 0.15) is 11.6 Å². The zero-order valence-corrected chi connectivity index (χ0v) is 9.09. The molecule has 1 aromatic heterocycles. The molecular weight excluding hydrogens is 252 g/mol. The predicted octanol–water partition coefficient (Wildman–Crippen LogP) is 3.46. The van der Waals surface area contributed by atoms with Gasteiger partial charge in [-0.3, -0.25) is 4.79 Å². The van der Waals surface area contributed by atoms with Crippen LogP contribution in [0, 0.1) is 11.6 Å². The second-order valence-electron chi connectivity index (χ2n) is 3.22. The maximum absolute atomic E-state index is 12.9. The maximum Gasteiger partial charge on any atom is 0.260 e. The molecule has 1 aromatic carbocycles. The summed E-state index contributed by atoms with van der Waals surface area (Å²) >= 11 is 5.59. The predicted molar refractivity (Wildman–Crippen MR) is 58.0 cm³/mol. The van der Waals surface area contributed by atoms with Gasteiger partial charge in [0, 0.05) is 11.8 Å². The van der Waals surface area contributed by atoms with Crippen molar-refractivity contribution in [2.75, 3.05) is 5.32 Å². The summed E-state index contributed by atoms with van der Waals surface area (Å²) in [6, 6.07) is 4.05. The fourth-order valence-corrected chi connectivity index (χ4v) is 1.48. The Morgan fingerprint density at radius 2 is 1.88 bits per heavy atom. The molecule has 6 heteroatoms. The molecule has 0 fully saturated rings. The Hall–Kier alpha value is -1.88. The van der Waals surface area contributed by atoms with Gasteiger partial charge in [0.05, 0.1) is 11.8 Å². The first-order chi connectivity index (χ1) is 8.06. The summed E-state index contributed by atoms with van der Waals surface area (Å²) < 4.78 is 30.5. The summed E-state index contributed by atoms with van der Waals surface area (Å²) in [4.78, 5) is 11.6. The smallest absolute Gasteiger partial charge is 0.260 e. The molecule has 2 rings (SSSR count). The zero-order chi connectivity index (χ0) is 12.4. The van der Waals surface area contributed by atoms with Gasteiger partial charge < -0.3 is 9.73 Å². The van der Waals surface area contributed by atoms with Gasteiger partial charge in [-0.25, -0.2) is 8.78 Å². The summed E-state index contributed by atoms with van der Waals surface area (Å²) in [5.74, 6) is -2.16. The van der Waals surface area contributed by atoms with Gasteiger partial charge in [-0.1, -0.05) is 0 Å². The molecule has 1 N–H and O–H groups in total. The minimum absolute atomic E-state index is 0.00441. The topological polar surface area (TPSA) is 42.2 Å². The molecule has 3 nitrogen and oxygen atoms in total. The van der Waals surface area contributed by atoms with Crippen molar-refractivity contribution in [3.05, 3.63) is 52.9 Å². The number of rotatable bonds is 2. The molecule has 0 bridgehead atoms. The van der Waals surface area contributed by atoms with Crippen LogP contribution in [0.2, 0.25) is 5.22 Å². The lowest BCUT2D eigenvalue weighted by Crippen LogP contribution is -2.11. The summed E-state index contributed by atoms with van der Waals surface area (Å²) in [7, 11) is 0. The number of carbonyl (C=O) groups is 1. The number of hydrogen-bond donors (Lipinski definition) is 1. The fraction of sp³-hybridized carbons (Fsp3) is 0. The summed E-state index contributed by atoms with van der Waals surface area (Å²) in [5, 5.41) is 2.22. The van der Waals surface area contributed by atoms with Crippen LogP contribution >= 0.6 is 11.6 Å². The first-order valence-corrected chi connectivity index (χ1v) is 4.94. The van der Waals surface area contributed by atoms with Crippen LogP contribution in [0.1, 0.15) is 10.4 Å². The summed E-state index contributed by atoms with van der Waals surface area (Å²) in [5.41, 5.74) is 0.0982. The SMILES string of the molecule is O=C(Nc1cc(F)cc(F)c1)c1ccoc1Cl. The standard InChI is InChI=1S/C11H6ClF2NO2/c12-10-9(1-2-17-10)11(16)15-8-4-6(13)3-7(14)5-8/h1-5H,(H,15,16). The van der Waals surface area contributed by atoms with Crippen molar-refractivity contribution in [3.63, 3.8) is 0 Å². The van der Waals surface area contributed by atoms with Gasteiger partial charge in [-0.15, -0.1) is 0 Å². The first-order valence-electron chi connectivity index (χ1n) is 4.56. The van der Waals surface area contributed by atoms with Crippen molar-refractivity contribution in [2.24, 2.45) is 0 Å². The first kappa shape index (κ1) is 11.6. The molecule has 0 atom stereocenters. The highest BCUT2D eigenvalue weighted by Crippen LogP contribution is 2.19. The number of nitrogens with one attached hydrogen (secondary N) is 1. The van der Waals surface area contributed by atoms with Crippen LogP contribution in [0.4, 0.5) is 14.5 Å². The number of hydrogen-bond acceptors (Lipinski definition) is 2. The van der Waals surface area contributed by atoms with E-state index in [1.165, 1.54) is 12.3 Å². The zero-order valence-electron chi connectivity index (χ0n) is 8.34. The number of carbonyl (C=O) groups excluding carboxylic acids is 1. The Labute approximate surface area is 100.0 Å². The van der Waals surface area contributed by atoms with Crippen LogP contribution in [0.25, 0.3) is 0 Å². The van der Waals surface area contributed by atoms with Crippen molar-refractivity contribution in [3.8, 4) is 0 Å². The Morgan fingerprint density at radius 1 is 1.24 bits per heavy atom. The molecule has 0 aliphatic carbocycles. The van der Waals surface area contributed by atoms with Gasteiger partial charge in [0.15, 0.2) is 0 Å². The molecule has 2 aromatic rings. The van der Waals surface area contributed by atoms with E-state index in [4.69, 9.17) is 16.0 Å². The van der Waals surface area contributed by atoms with E-state index in [1.807, 2.05) is 0 Å². The normalized spacial score (nSPS) is 10.3. The number of anilines is 1. The Bertz CT molecular complexity index is 548. The highest BCUT2D eigenvalue weighted by molar-refractivity contribution is 6.32. The monoisotopic (exact) mass is 257 g/mol. The average Bonchev–Trinajstić information content (AvgIpc) is 2.62. The van der Waals surface area contributed by atoms with E-state index < -0.39 is 17.5 Å². The molecular formula is C11H6ClF2NO2. The average molecular weight is 258 g/mol. The summed E-state index contributed by atoms with van der Waals surface area (Å²) in [6.45, 7) is 0. The lowest BCUT2D eigenvalue weighted by Gasteiger charge is -2.04. The van der Waals surface area contributed by atoms with Gasteiger partial charge >= 0.3 is 0 Å². The van der Waals surface area contributed by atoms with Crippen molar-refractivity contribution in [1.29, 1.82) is 0 Å². The highest BCUT2D eigenvalue weighted by Gasteiger charge is 2.13. The molecule has 0 aliphatic heterocycles. The largest absolute Gasteiger partial charge is 0.452 e. The minimum Gasteiger partial charge on any atom is -0.452 e. The molecule has 0 saturated heterocycles. The van der Waals surface area contributed by atoms with E-state index in [1.54, 1.807) is 0 Å². The van der Waals surface area contributed by atoms with Crippen molar-refractivity contribution < 1.29 is 18.0 Å². The van der Waals surface area contributed by atoms with Gasteiger partial charge in [-0.2, -0.15) is 0 Å². The van der Waals surface area contributed by atoms with Gasteiger partial charge in [-0.05, 0) is 29.8 Å². The van der Waals surface area contributed by atoms with E-state index in [0.717, 1.165) is 12.1 Å². The molecule has 0 unspecified atom stereocenters. The minimum atomic E-state index is -0.779. The van der Waals surface area contributed by atoms with E-state index in [9.17, 15) is 13.6 Å². The second-order valence-corrected chi connectivity index (χ2v) is 3.56. The van der Waals surface area contributed by atoms with Crippen LogP contribution < -0.4 is 5.32 Å². The van der Waals surface area contributed by atoms with Gasteiger partial charge in [0.25, 0.3) is 5.91 Å². The van der Waals surface area contributed by atoms with Crippen molar-refractivity contribution in [1.82, 2.24) is 0 Å². The lowest BCUT2D eigenvalue weighted by atomic mass is 10.2. The number of amides is 1. The highest BCUT2D eigenvalue weighted by atomic mass is 35.5. The summed E-state index contributed by atoms with van der Waals surface area (Å²) in [6.07, 6.45) is 1.24. The molecule has 1 heterocycles. The van der Waals surface area contributed by atoms with Crippen molar-refractivity contribution in [2.45, 2.75) is 0 Å². The quantitative estimate of drug-likeness (QED) is 0.895. The Balaban J connectivity index is 2.21. The van der Waals surface area contributed by atoms with Crippen LogP contribution in [0.15, 0.2) is 34.9 Å². The van der Waals surface area contributed by atoms with Crippen LogP contribution in [-0.4, -0.2) is 5.91 Å². The van der Waals surface area contributed by atoms with E-state index >= 15 is 0 Å². The molecule has 0 aliphatic rings. The van der Waals surface area contributed by atoms with Crippen LogP contribution in [-0.2, 0) is 0 Å². The van der Waals surface area contributed by atoms with Crippen LogP contribution in [0.3, 0.4) is 0 Å². The number of benzene rings is 1. The molecule has 88 valence electrons.